The summed E-state index contributed by atoms with van der Waals surface area (Å²) >= 11 is 0. The van der Waals surface area contributed by atoms with Gasteiger partial charge in [-0.3, -0.25) is 0 Å². The van der Waals surface area contributed by atoms with Gasteiger partial charge in [-0.05, 0) is 56.5 Å². The van der Waals surface area contributed by atoms with Gasteiger partial charge in [0.1, 0.15) is 36.3 Å². The molecule has 0 saturated carbocycles. The number of hydrogen-bond acceptors (Lipinski definition) is 11. The van der Waals surface area contributed by atoms with Gasteiger partial charge in [0, 0.05) is 6.42 Å². The summed E-state index contributed by atoms with van der Waals surface area (Å²) in [4.78, 5) is 0. The highest BCUT2D eigenvalue weighted by Crippen LogP contribution is 2.39. The van der Waals surface area contributed by atoms with E-state index in [-0.39, 0.29) is 19.3 Å². The van der Waals surface area contributed by atoms with Crippen LogP contribution in [-0.4, -0.2) is 85.2 Å². The van der Waals surface area contributed by atoms with Crippen molar-refractivity contribution in [1.82, 2.24) is 0 Å². The highest BCUT2D eigenvalue weighted by atomic mass is 16.8. The molecule has 4 aromatic carbocycles. The molecule has 0 radical (unpaired) electrons. The van der Waals surface area contributed by atoms with Crippen LogP contribution >= 0.6 is 0 Å². The molecule has 0 bridgehead atoms. The van der Waals surface area contributed by atoms with Gasteiger partial charge in [-0.15, -0.1) is 0 Å². The van der Waals surface area contributed by atoms with E-state index in [0.717, 1.165) is 16.7 Å². The zero-order valence-electron chi connectivity index (χ0n) is 32.5. The molecular formula is C45H54O11. The first-order chi connectivity index (χ1) is 27.1. The molecule has 3 saturated heterocycles. The lowest BCUT2D eigenvalue weighted by molar-refractivity contribution is -0.337. The Hall–Kier alpha value is -3.72. The number of aliphatic hydroxyl groups is 1. The first-order valence-electron chi connectivity index (χ1n) is 19.4. The molecule has 11 nitrogen and oxygen atoms in total. The Bertz CT molecular complexity index is 1740. The fourth-order valence-electron chi connectivity index (χ4n) is 7.32. The summed E-state index contributed by atoms with van der Waals surface area (Å²) < 4.78 is 65.2. The van der Waals surface area contributed by atoms with E-state index in [4.69, 9.17) is 47.4 Å². The van der Waals surface area contributed by atoms with Crippen LogP contribution in [0, 0.1) is 0 Å². The third-order valence-corrected chi connectivity index (χ3v) is 9.75. The van der Waals surface area contributed by atoms with Gasteiger partial charge in [0.25, 0.3) is 0 Å². The number of rotatable bonds is 17. The molecule has 3 aliphatic rings. The standard InChI is InChI=1S/C45H54O11/c1-44(2,46)55-38-25-35-39(56-45(3,4)54-35)37(52-38)30-50-43-42(51-34-23-15-8-16-24-34)41(49-28-33-21-13-7-14-22-33)40(48-27-32-19-11-6-12-20-32)36(53-43)29-47-26-31-17-9-5-10-18-31/h5-24,35-43,46H,25-30H2,1-4H3/t35?,36?,37?,38?,39?,40-,41?,42+,43?/m0/s1. The summed E-state index contributed by atoms with van der Waals surface area (Å²) in [7, 11) is 0. The van der Waals surface area contributed by atoms with E-state index < -0.39 is 60.8 Å². The van der Waals surface area contributed by atoms with Crippen LogP contribution in [0.4, 0.5) is 0 Å². The molecule has 1 N–H and O–H groups in total. The van der Waals surface area contributed by atoms with Gasteiger partial charge in [0.05, 0.1) is 39.1 Å². The SMILES string of the molecule is CC(C)(O)OC1CC2OC(C)(C)OC2C(COC2OC(COCc3ccccc3)[C@H](OCc3ccccc3)C(OCc3ccccc3)[C@H]2Oc2ccccc2)O1. The van der Waals surface area contributed by atoms with E-state index in [2.05, 4.69) is 0 Å². The van der Waals surface area contributed by atoms with Crippen molar-refractivity contribution < 1.29 is 52.5 Å². The zero-order valence-corrected chi connectivity index (χ0v) is 32.5. The molecule has 4 aromatic rings. The molecular weight excluding hydrogens is 716 g/mol. The Labute approximate surface area is 329 Å². The summed E-state index contributed by atoms with van der Waals surface area (Å²) in [5, 5.41) is 10.5. The normalized spacial score (nSPS) is 28.8. The minimum atomic E-state index is -1.43. The van der Waals surface area contributed by atoms with Crippen LogP contribution in [0.3, 0.4) is 0 Å². The summed E-state index contributed by atoms with van der Waals surface area (Å²) in [6, 6.07) is 39.5. The van der Waals surface area contributed by atoms with Crippen molar-refractivity contribution in [3.05, 3.63) is 138 Å². The van der Waals surface area contributed by atoms with E-state index in [1.165, 1.54) is 0 Å². The highest BCUT2D eigenvalue weighted by molar-refractivity contribution is 5.22. The van der Waals surface area contributed by atoms with Crippen molar-refractivity contribution in [2.24, 2.45) is 0 Å². The van der Waals surface area contributed by atoms with E-state index in [9.17, 15) is 5.11 Å². The number of benzene rings is 4. The molecule has 11 heteroatoms. The maximum Gasteiger partial charge on any atom is 0.198 e. The second-order valence-electron chi connectivity index (χ2n) is 15.3. The molecule has 300 valence electrons. The van der Waals surface area contributed by atoms with Crippen LogP contribution in [0.5, 0.6) is 5.75 Å². The van der Waals surface area contributed by atoms with Crippen molar-refractivity contribution in [2.75, 3.05) is 13.2 Å². The predicted molar refractivity (Wildman–Crippen MR) is 206 cm³/mol. The summed E-state index contributed by atoms with van der Waals surface area (Å²) in [6.45, 7) is 8.08. The minimum Gasteiger partial charge on any atom is -0.482 e. The van der Waals surface area contributed by atoms with Gasteiger partial charge in [-0.25, -0.2) is 0 Å². The average Bonchev–Trinajstić information content (AvgIpc) is 3.51. The molecule has 9 atom stereocenters. The van der Waals surface area contributed by atoms with Crippen LogP contribution in [0.1, 0.15) is 50.8 Å². The van der Waals surface area contributed by atoms with E-state index in [1.807, 2.05) is 135 Å². The zero-order chi connectivity index (χ0) is 39.0. The van der Waals surface area contributed by atoms with Gasteiger partial charge < -0.3 is 52.5 Å². The predicted octanol–water partition coefficient (Wildman–Crippen LogP) is 6.94. The lowest BCUT2D eigenvalue weighted by Crippen LogP contribution is -2.63. The fourth-order valence-corrected chi connectivity index (χ4v) is 7.32. The van der Waals surface area contributed by atoms with Crippen LogP contribution in [-0.2, 0) is 62.5 Å². The summed E-state index contributed by atoms with van der Waals surface area (Å²) in [6.07, 6.45) is -5.52. The van der Waals surface area contributed by atoms with E-state index in [0.29, 0.717) is 32.0 Å². The minimum absolute atomic E-state index is 0.0319. The third kappa shape index (κ3) is 11.2. The molecule has 3 fully saturated rings. The van der Waals surface area contributed by atoms with Crippen molar-refractivity contribution in [3.63, 3.8) is 0 Å². The Morgan fingerprint density at radius 1 is 0.625 bits per heavy atom. The highest BCUT2D eigenvalue weighted by Gasteiger charge is 2.53. The van der Waals surface area contributed by atoms with Crippen molar-refractivity contribution in [1.29, 1.82) is 0 Å². The smallest absolute Gasteiger partial charge is 0.198 e. The van der Waals surface area contributed by atoms with Crippen molar-refractivity contribution in [3.8, 4) is 5.75 Å². The van der Waals surface area contributed by atoms with Gasteiger partial charge in [0.2, 0.25) is 0 Å². The molecule has 0 amide bonds. The largest absolute Gasteiger partial charge is 0.482 e. The number of para-hydroxylation sites is 1. The van der Waals surface area contributed by atoms with E-state index >= 15 is 0 Å². The third-order valence-electron chi connectivity index (χ3n) is 9.75. The van der Waals surface area contributed by atoms with Gasteiger partial charge in [-0.2, -0.15) is 0 Å². The van der Waals surface area contributed by atoms with Gasteiger partial charge >= 0.3 is 0 Å². The Morgan fingerprint density at radius 2 is 1.18 bits per heavy atom. The van der Waals surface area contributed by atoms with Crippen LogP contribution in [0.25, 0.3) is 0 Å². The second-order valence-corrected chi connectivity index (χ2v) is 15.3. The number of hydrogen-bond donors (Lipinski definition) is 1. The summed E-state index contributed by atoms with van der Waals surface area (Å²) in [5.41, 5.74) is 3.04. The monoisotopic (exact) mass is 770 g/mol. The second kappa shape index (κ2) is 18.7. The van der Waals surface area contributed by atoms with Gasteiger partial charge in [-0.1, -0.05) is 109 Å². The molecule has 0 aliphatic carbocycles. The quantitative estimate of drug-likeness (QED) is 0.113. The molecule has 56 heavy (non-hydrogen) atoms. The first kappa shape index (κ1) is 40.5. The Balaban J connectivity index is 1.19. The van der Waals surface area contributed by atoms with Gasteiger partial charge in [0.15, 0.2) is 30.3 Å². The van der Waals surface area contributed by atoms with Crippen molar-refractivity contribution in [2.45, 2.75) is 121 Å². The molecule has 0 aromatic heterocycles. The first-order valence-corrected chi connectivity index (χ1v) is 19.4. The van der Waals surface area contributed by atoms with Crippen LogP contribution in [0.15, 0.2) is 121 Å². The maximum atomic E-state index is 10.5. The van der Waals surface area contributed by atoms with Crippen LogP contribution in [0.2, 0.25) is 0 Å². The maximum absolute atomic E-state index is 10.5. The molecule has 0 spiro atoms. The van der Waals surface area contributed by atoms with Crippen molar-refractivity contribution >= 4 is 0 Å². The summed E-state index contributed by atoms with van der Waals surface area (Å²) in [5.74, 6) is -1.66. The molecule has 3 heterocycles. The fraction of sp³-hybridized carbons (Fsp3) is 0.467. The molecule has 3 aliphatic heterocycles. The molecule has 7 unspecified atom stereocenters. The Kier molecular flexibility index (Phi) is 13.5. The van der Waals surface area contributed by atoms with Crippen LogP contribution < -0.4 is 4.74 Å². The average molecular weight is 771 g/mol. The Morgan fingerprint density at radius 3 is 1.77 bits per heavy atom. The lowest BCUT2D eigenvalue weighted by Gasteiger charge is -2.46. The van der Waals surface area contributed by atoms with E-state index in [1.54, 1.807) is 13.8 Å². The molecule has 7 rings (SSSR count). The topological polar surface area (TPSA) is 113 Å². The number of fused-ring (bicyclic) bond motifs is 1. The lowest BCUT2D eigenvalue weighted by atomic mass is 9.97. The number of ether oxygens (including phenoxy) is 10.